The molecule has 1 aromatic heterocycles. The van der Waals surface area contributed by atoms with E-state index in [0.717, 1.165) is 19.1 Å². The highest BCUT2D eigenvalue weighted by molar-refractivity contribution is 8.00. The first-order chi connectivity index (χ1) is 8.98. The third kappa shape index (κ3) is 3.76. The predicted molar refractivity (Wildman–Crippen MR) is 74.8 cm³/mol. The molecule has 0 unspecified atom stereocenters. The summed E-state index contributed by atoms with van der Waals surface area (Å²) in [5, 5.41) is 11.6. The summed E-state index contributed by atoms with van der Waals surface area (Å²) in [5.41, 5.74) is -0.0211. The van der Waals surface area contributed by atoms with Gasteiger partial charge in [0.1, 0.15) is 6.26 Å². The molecule has 1 rings (SSSR count). The topological polar surface area (TPSA) is 79.5 Å². The normalized spacial score (nSPS) is 11.3. The lowest BCUT2D eigenvalue weighted by atomic mass is 10.0. The van der Waals surface area contributed by atoms with Gasteiger partial charge in [-0.2, -0.15) is 11.8 Å². The predicted octanol–water partition coefficient (Wildman–Crippen LogP) is 2.63. The smallest absolute Gasteiger partial charge is 0.338 e. The van der Waals surface area contributed by atoms with Crippen LogP contribution in [0.5, 0.6) is 0 Å². The molecule has 0 aliphatic heterocycles. The first-order valence-corrected chi connectivity index (χ1v) is 7.35. The van der Waals surface area contributed by atoms with Crippen LogP contribution >= 0.6 is 11.8 Å². The Labute approximate surface area is 116 Å². The first-order valence-electron chi connectivity index (χ1n) is 6.13. The molecule has 0 aromatic carbocycles. The van der Waals surface area contributed by atoms with Crippen molar-refractivity contribution < 1.29 is 19.1 Å². The molecule has 0 spiro atoms. The molecule has 5 nitrogen and oxygen atoms in total. The summed E-state index contributed by atoms with van der Waals surface area (Å²) < 4.78 is 4.97. The van der Waals surface area contributed by atoms with E-state index in [0.29, 0.717) is 6.54 Å². The SMILES string of the molecule is CCC(CC)(CNC(=O)c1cc(C(=O)O)co1)SC. The second-order valence-electron chi connectivity index (χ2n) is 4.28. The minimum Gasteiger partial charge on any atom is -0.478 e. The number of thioether (sulfide) groups is 1. The van der Waals surface area contributed by atoms with Crippen molar-refractivity contribution in [2.75, 3.05) is 12.8 Å². The van der Waals surface area contributed by atoms with Crippen molar-refractivity contribution in [2.24, 2.45) is 0 Å². The van der Waals surface area contributed by atoms with Crippen molar-refractivity contribution in [1.29, 1.82) is 0 Å². The Morgan fingerprint density at radius 1 is 1.42 bits per heavy atom. The lowest BCUT2D eigenvalue weighted by Gasteiger charge is -2.29. The van der Waals surface area contributed by atoms with Crippen LogP contribution in [0.25, 0.3) is 0 Å². The largest absolute Gasteiger partial charge is 0.478 e. The van der Waals surface area contributed by atoms with Gasteiger partial charge in [0.2, 0.25) is 0 Å². The van der Waals surface area contributed by atoms with Crippen LogP contribution in [0.2, 0.25) is 0 Å². The molecule has 0 saturated carbocycles. The Bertz CT molecular complexity index is 443. The molecule has 6 heteroatoms. The number of hydrogen-bond donors (Lipinski definition) is 2. The maximum Gasteiger partial charge on any atom is 0.338 e. The van der Waals surface area contributed by atoms with E-state index < -0.39 is 5.97 Å². The summed E-state index contributed by atoms with van der Waals surface area (Å²) in [6.45, 7) is 4.70. The second-order valence-corrected chi connectivity index (χ2v) is 5.56. The van der Waals surface area contributed by atoms with E-state index in [1.807, 2.05) is 6.26 Å². The van der Waals surface area contributed by atoms with Crippen LogP contribution in [-0.4, -0.2) is 34.5 Å². The molecule has 0 atom stereocenters. The van der Waals surface area contributed by atoms with Crippen LogP contribution in [-0.2, 0) is 0 Å². The van der Waals surface area contributed by atoms with E-state index in [1.165, 1.54) is 6.07 Å². The zero-order valence-corrected chi connectivity index (χ0v) is 12.2. The molecule has 106 valence electrons. The van der Waals surface area contributed by atoms with Gasteiger partial charge in [0.15, 0.2) is 5.76 Å². The number of aromatic carboxylic acids is 1. The number of furan rings is 1. The van der Waals surface area contributed by atoms with Crippen molar-refractivity contribution in [3.63, 3.8) is 0 Å². The van der Waals surface area contributed by atoms with Crippen LogP contribution in [0.4, 0.5) is 0 Å². The Kier molecular flexibility index (Phi) is 5.47. The van der Waals surface area contributed by atoms with Gasteiger partial charge in [0, 0.05) is 17.4 Å². The lowest BCUT2D eigenvalue weighted by molar-refractivity contribution is 0.0696. The molecule has 1 amide bonds. The highest BCUT2D eigenvalue weighted by Gasteiger charge is 2.26. The Balaban J connectivity index is 2.66. The monoisotopic (exact) mass is 285 g/mol. The Morgan fingerprint density at radius 3 is 2.47 bits per heavy atom. The molecular formula is C13H19NO4S. The van der Waals surface area contributed by atoms with Gasteiger partial charge < -0.3 is 14.8 Å². The van der Waals surface area contributed by atoms with Crippen LogP contribution in [0, 0.1) is 0 Å². The van der Waals surface area contributed by atoms with E-state index >= 15 is 0 Å². The van der Waals surface area contributed by atoms with Crippen molar-refractivity contribution >= 4 is 23.6 Å². The summed E-state index contributed by atoms with van der Waals surface area (Å²) in [6, 6.07) is 1.23. The van der Waals surface area contributed by atoms with Gasteiger partial charge >= 0.3 is 5.97 Å². The minimum atomic E-state index is -1.11. The number of carboxylic acid groups (broad SMARTS) is 1. The van der Waals surface area contributed by atoms with Gasteiger partial charge in [0.25, 0.3) is 5.91 Å². The van der Waals surface area contributed by atoms with Gasteiger partial charge in [0.05, 0.1) is 5.56 Å². The number of amides is 1. The van der Waals surface area contributed by atoms with Gasteiger partial charge in [-0.3, -0.25) is 4.79 Å². The maximum atomic E-state index is 11.9. The quantitative estimate of drug-likeness (QED) is 0.805. The third-order valence-corrected chi connectivity index (χ3v) is 4.95. The zero-order valence-electron chi connectivity index (χ0n) is 11.4. The molecular weight excluding hydrogens is 266 g/mol. The van der Waals surface area contributed by atoms with Gasteiger partial charge in [-0.25, -0.2) is 4.79 Å². The van der Waals surface area contributed by atoms with E-state index in [1.54, 1.807) is 11.8 Å². The Morgan fingerprint density at radius 2 is 2.05 bits per heavy atom. The van der Waals surface area contributed by atoms with Crippen molar-refractivity contribution in [1.82, 2.24) is 5.32 Å². The fourth-order valence-electron chi connectivity index (χ4n) is 1.76. The van der Waals surface area contributed by atoms with Gasteiger partial charge in [-0.15, -0.1) is 0 Å². The molecule has 1 heterocycles. The van der Waals surface area contributed by atoms with Crippen LogP contribution in [0.1, 0.15) is 47.6 Å². The van der Waals surface area contributed by atoms with E-state index in [-0.39, 0.29) is 22.0 Å². The van der Waals surface area contributed by atoms with Gasteiger partial charge in [-0.1, -0.05) is 13.8 Å². The van der Waals surface area contributed by atoms with E-state index in [4.69, 9.17) is 9.52 Å². The average molecular weight is 285 g/mol. The van der Waals surface area contributed by atoms with Crippen LogP contribution < -0.4 is 5.32 Å². The van der Waals surface area contributed by atoms with Crippen molar-refractivity contribution in [2.45, 2.75) is 31.4 Å². The second kappa shape index (κ2) is 6.65. The highest BCUT2D eigenvalue weighted by Crippen LogP contribution is 2.29. The summed E-state index contributed by atoms with van der Waals surface area (Å²) in [4.78, 5) is 22.6. The van der Waals surface area contributed by atoms with E-state index in [2.05, 4.69) is 19.2 Å². The molecule has 19 heavy (non-hydrogen) atoms. The number of hydrogen-bond acceptors (Lipinski definition) is 4. The summed E-state index contributed by atoms with van der Waals surface area (Å²) >= 11 is 1.73. The molecule has 2 N–H and O–H groups in total. The minimum absolute atomic E-state index is 0.0118. The number of rotatable bonds is 7. The molecule has 0 saturated heterocycles. The summed E-state index contributed by atoms with van der Waals surface area (Å²) in [7, 11) is 0. The standard InChI is InChI=1S/C13H19NO4S/c1-4-13(5-2,19-3)8-14-11(15)10-6-9(7-18-10)12(16)17/h6-7H,4-5,8H2,1-3H3,(H,14,15)(H,16,17). The van der Waals surface area contributed by atoms with Crippen molar-refractivity contribution in [3.05, 3.63) is 23.7 Å². The highest BCUT2D eigenvalue weighted by atomic mass is 32.2. The molecule has 0 radical (unpaired) electrons. The average Bonchev–Trinajstić information content (AvgIpc) is 2.90. The number of carbonyl (C=O) groups excluding carboxylic acids is 1. The first kappa shape index (κ1) is 15.6. The van der Waals surface area contributed by atoms with Crippen LogP contribution in [0.3, 0.4) is 0 Å². The Hall–Kier alpha value is -1.43. The molecule has 0 fully saturated rings. The fraction of sp³-hybridized carbons (Fsp3) is 0.538. The maximum absolute atomic E-state index is 11.9. The summed E-state index contributed by atoms with van der Waals surface area (Å²) in [6.07, 6.45) is 4.99. The van der Waals surface area contributed by atoms with E-state index in [9.17, 15) is 9.59 Å². The number of carbonyl (C=O) groups is 2. The number of nitrogens with one attached hydrogen (secondary N) is 1. The van der Waals surface area contributed by atoms with Crippen LogP contribution in [0.15, 0.2) is 16.7 Å². The fourth-order valence-corrected chi connectivity index (χ4v) is 2.55. The third-order valence-electron chi connectivity index (χ3n) is 3.36. The molecule has 0 bridgehead atoms. The zero-order chi connectivity index (χ0) is 14.5. The molecule has 1 aromatic rings. The molecule has 0 aliphatic carbocycles. The molecule has 0 aliphatic rings. The number of carboxylic acids is 1. The summed E-state index contributed by atoms with van der Waals surface area (Å²) in [5.74, 6) is -1.46. The van der Waals surface area contributed by atoms with Gasteiger partial charge in [-0.05, 0) is 19.1 Å². The lowest BCUT2D eigenvalue weighted by Crippen LogP contribution is -2.39. The van der Waals surface area contributed by atoms with Crippen molar-refractivity contribution in [3.8, 4) is 0 Å².